The summed E-state index contributed by atoms with van der Waals surface area (Å²) in [7, 11) is 0. The van der Waals surface area contributed by atoms with Gasteiger partial charge in [0.1, 0.15) is 25.0 Å². The second-order valence-corrected chi connectivity index (χ2v) is 16.5. The Morgan fingerprint density at radius 2 is 1.00 bits per heavy atom. The molecule has 10 N–H and O–H groups in total. The average Bonchev–Trinajstić information content (AvgIpc) is 3.16. The Morgan fingerprint density at radius 1 is 0.649 bits per heavy atom. The molecule has 9 unspecified atom stereocenters. The summed E-state index contributed by atoms with van der Waals surface area (Å²) in [5, 5.41) is 18.5. The lowest BCUT2D eigenvalue weighted by atomic mass is 9.83. The minimum absolute atomic E-state index is 0.00251. The van der Waals surface area contributed by atoms with Crippen LogP contribution in [0.1, 0.15) is 105 Å². The summed E-state index contributed by atoms with van der Waals surface area (Å²) >= 11 is 2.16. The molecule has 0 aromatic carbocycles. The van der Waals surface area contributed by atoms with Gasteiger partial charge in [-0.05, 0) is 69.6 Å². The van der Waals surface area contributed by atoms with Crippen LogP contribution in [0.3, 0.4) is 0 Å². The van der Waals surface area contributed by atoms with Crippen molar-refractivity contribution in [3.8, 4) is 0 Å². The molecule has 3 saturated carbocycles. The Kier molecular flexibility index (Phi) is 23.9. The fourth-order valence-corrected chi connectivity index (χ4v) is 7.49. The van der Waals surface area contributed by atoms with Crippen molar-refractivity contribution >= 4 is 82.5 Å². The van der Waals surface area contributed by atoms with Crippen molar-refractivity contribution in [2.75, 3.05) is 0 Å². The minimum Gasteiger partial charge on any atom is -0.454 e. The van der Waals surface area contributed by atoms with Crippen LogP contribution >= 0.6 is 22.6 Å². The van der Waals surface area contributed by atoms with Crippen molar-refractivity contribution in [3.05, 3.63) is 0 Å². The van der Waals surface area contributed by atoms with Gasteiger partial charge in [-0.1, -0.05) is 43.4 Å². The molecule has 0 bridgehead atoms. The highest BCUT2D eigenvalue weighted by molar-refractivity contribution is 14.1. The van der Waals surface area contributed by atoms with Crippen LogP contribution in [0.2, 0.25) is 0 Å². The fourth-order valence-electron chi connectivity index (χ4n) is 6.70. The molecule has 3 aliphatic rings. The minimum atomic E-state index is -0.973. The van der Waals surface area contributed by atoms with E-state index in [0.29, 0.717) is 44.2 Å². The number of primary amides is 3. The highest BCUT2D eigenvalue weighted by Crippen LogP contribution is 2.28. The Bertz CT molecular complexity index is 1350. The average molecular weight is 921 g/mol. The van der Waals surface area contributed by atoms with Gasteiger partial charge in [0.25, 0.3) is 0 Å². The van der Waals surface area contributed by atoms with Gasteiger partial charge in [0.15, 0.2) is 23.5 Å². The van der Waals surface area contributed by atoms with E-state index >= 15 is 0 Å². The van der Waals surface area contributed by atoms with E-state index in [4.69, 9.17) is 21.9 Å². The van der Waals surface area contributed by atoms with Gasteiger partial charge in [-0.25, -0.2) is 0 Å². The van der Waals surface area contributed by atoms with Crippen LogP contribution in [0.5, 0.6) is 0 Å². The molecule has 0 aromatic rings. The summed E-state index contributed by atoms with van der Waals surface area (Å²) in [4.78, 5) is 112. The molecule has 3 rings (SSSR count). The molecule has 0 saturated heterocycles. The molecule has 0 radical (unpaired) electrons. The standard InChI is InChI=1S/C14H22N2O5.C12H19IN2O3.C12H20N2O4/c1-8-3-5-11(13(20)14(8)21-9(2)18)16-10(7-17)4-6-12(15)19;1-7-2-4-9(12(18)11(7)13)15-8(6-16)3-5-10(14)17;1-7-2-4-9(12(18)11(7)17)14-8(6-15)3-5-10(13)16/h7-8,10-11,14,16H,3-6H2,1-2H3,(H2,15,19);6-9,11,15H,2-5H2,1H3,(H2,14,17);6-9,11,14,17H,2-5H2,1H3,(H2,13,16)/t8?,10-,11?,14?;2*7?,8-,9?,11?/m111/s1. The molecule has 57 heavy (non-hydrogen) atoms. The smallest absolute Gasteiger partial charge is 0.303 e. The first-order chi connectivity index (χ1) is 26.7. The molecule has 3 amide bonds. The zero-order valence-corrected chi connectivity index (χ0v) is 35.4. The van der Waals surface area contributed by atoms with Crippen molar-refractivity contribution in [1.29, 1.82) is 0 Å². The van der Waals surface area contributed by atoms with Gasteiger partial charge in [-0.3, -0.25) is 49.5 Å². The highest BCUT2D eigenvalue weighted by Gasteiger charge is 2.39. The zero-order valence-electron chi connectivity index (χ0n) is 33.2. The topological polar surface area (TPSA) is 314 Å². The van der Waals surface area contributed by atoms with E-state index in [-0.39, 0.29) is 71.3 Å². The summed E-state index contributed by atoms with van der Waals surface area (Å²) in [6.45, 7) is 7.00. The third-order valence-electron chi connectivity index (χ3n) is 10.3. The van der Waals surface area contributed by atoms with Crippen LogP contribution < -0.4 is 33.2 Å². The number of alkyl halides is 1. The largest absolute Gasteiger partial charge is 0.454 e. The molecular formula is C38H61IN6O12. The first-order valence-corrected chi connectivity index (χ1v) is 20.6. The van der Waals surface area contributed by atoms with E-state index in [0.717, 1.165) is 25.5 Å². The van der Waals surface area contributed by atoms with Gasteiger partial charge in [0, 0.05) is 32.1 Å². The summed E-state index contributed by atoms with van der Waals surface area (Å²) in [6.07, 6.45) is 5.83. The van der Waals surface area contributed by atoms with E-state index in [1.54, 1.807) is 0 Å². The maximum Gasteiger partial charge on any atom is 0.303 e. The van der Waals surface area contributed by atoms with E-state index in [9.17, 15) is 53.1 Å². The molecule has 3 aliphatic carbocycles. The number of halogens is 1. The number of rotatable bonds is 19. The first-order valence-electron chi connectivity index (χ1n) is 19.3. The summed E-state index contributed by atoms with van der Waals surface area (Å²) < 4.78 is 5.07. The lowest BCUT2D eigenvalue weighted by Gasteiger charge is -2.33. The molecule has 12 atom stereocenters. The predicted octanol–water partition coefficient (Wildman–Crippen LogP) is -0.574. The number of nitrogens with two attached hydrogens (primary N) is 3. The summed E-state index contributed by atoms with van der Waals surface area (Å²) in [5.74, 6) is -1.96. The van der Waals surface area contributed by atoms with Crippen LogP contribution in [0.15, 0.2) is 0 Å². The molecule has 0 heterocycles. The van der Waals surface area contributed by atoms with Crippen LogP contribution in [0, 0.1) is 17.8 Å². The molecule has 0 aliphatic heterocycles. The number of nitrogens with one attached hydrogen (secondary N) is 3. The SMILES string of the molecule is CC(=O)OC1C(=O)C(N[C@@H](C=O)CCC(N)=O)CCC1C.CC1CCC(N[C@@H](C=O)CCC(N)=O)C(=O)C1I.CC1CCC(N[C@@H](C=O)CCC(N)=O)C(=O)C1O. The van der Waals surface area contributed by atoms with Crippen molar-refractivity contribution < 1.29 is 57.8 Å². The quantitative estimate of drug-likeness (QED) is 0.0369. The third-order valence-corrected chi connectivity index (χ3v) is 12.1. The second-order valence-electron chi connectivity index (χ2n) is 15.1. The van der Waals surface area contributed by atoms with Gasteiger partial charge >= 0.3 is 5.97 Å². The number of esters is 1. The fraction of sp³-hybridized carbons (Fsp3) is 0.737. The molecule has 18 nitrogen and oxygen atoms in total. The maximum atomic E-state index is 12.3. The Balaban J connectivity index is 0.000000429. The van der Waals surface area contributed by atoms with E-state index in [1.165, 1.54) is 6.92 Å². The van der Waals surface area contributed by atoms with Gasteiger partial charge in [-0.2, -0.15) is 0 Å². The van der Waals surface area contributed by atoms with Gasteiger partial charge < -0.3 is 41.4 Å². The van der Waals surface area contributed by atoms with Gasteiger partial charge in [0.05, 0.1) is 40.2 Å². The van der Waals surface area contributed by atoms with E-state index in [1.807, 2.05) is 13.8 Å². The van der Waals surface area contributed by atoms with E-state index < -0.39 is 66.1 Å². The predicted molar refractivity (Wildman–Crippen MR) is 215 cm³/mol. The van der Waals surface area contributed by atoms with E-state index in [2.05, 4.69) is 45.5 Å². The van der Waals surface area contributed by atoms with Crippen LogP contribution in [-0.2, 0) is 52.7 Å². The van der Waals surface area contributed by atoms with Crippen molar-refractivity contribution in [1.82, 2.24) is 16.0 Å². The molecular weight excluding hydrogens is 859 g/mol. The van der Waals surface area contributed by atoms with Crippen LogP contribution in [-0.4, -0.2) is 117 Å². The molecule has 3 fully saturated rings. The third kappa shape index (κ3) is 18.7. The molecule has 19 heteroatoms. The number of ether oxygens (including phenoxy) is 1. The second kappa shape index (κ2) is 26.5. The Morgan fingerprint density at radius 3 is 1.37 bits per heavy atom. The normalized spacial score (nSPS) is 28.8. The number of hydrogen-bond acceptors (Lipinski definition) is 15. The number of hydrogen-bond donors (Lipinski definition) is 7. The number of aliphatic hydroxyl groups is 1. The van der Waals surface area contributed by atoms with Gasteiger partial charge in [0.2, 0.25) is 17.7 Å². The van der Waals surface area contributed by atoms with Gasteiger partial charge in [-0.15, -0.1) is 0 Å². The maximum absolute atomic E-state index is 12.3. The number of amides is 3. The monoisotopic (exact) mass is 920 g/mol. The van der Waals surface area contributed by atoms with Crippen molar-refractivity contribution in [3.63, 3.8) is 0 Å². The van der Waals surface area contributed by atoms with Crippen molar-refractivity contribution in [2.24, 2.45) is 35.0 Å². The van der Waals surface area contributed by atoms with Crippen LogP contribution in [0.25, 0.3) is 0 Å². The lowest BCUT2D eigenvalue weighted by molar-refractivity contribution is -0.159. The molecule has 0 aromatic heterocycles. The zero-order chi connectivity index (χ0) is 43.4. The molecule has 0 spiro atoms. The number of carbonyl (C=O) groups excluding carboxylic acids is 10. The number of aldehydes is 3. The van der Waals surface area contributed by atoms with Crippen LogP contribution in [0.4, 0.5) is 0 Å². The first kappa shape index (κ1) is 51.5. The highest BCUT2D eigenvalue weighted by atomic mass is 127. The number of aliphatic hydroxyl groups excluding tert-OH is 1. The molecule has 322 valence electrons. The summed E-state index contributed by atoms with van der Waals surface area (Å²) in [5.41, 5.74) is 15.1. The van der Waals surface area contributed by atoms with Crippen molar-refractivity contribution in [2.45, 2.75) is 157 Å². The summed E-state index contributed by atoms with van der Waals surface area (Å²) in [6, 6.07) is -2.99. The lowest BCUT2D eigenvalue weighted by Crippen LogP contribution is -2.53. The Labute approximate surface area is 347 Å². The Hall–Kier alpha value is -3.53. The number of ketones is 3. The number of Topliss-reactive ketones (excluding diaryl/α,β-unsaturated/α-hetero) is 3. The number of carbonyl (C=O) groups is 10.